The fourth-order valence-electron chi connectivity index (χ4n) is 0.777. The van der Waals surface area contributed by atoms with Crippen LogP contribution >= 0.6 is 11.8 Å². The predicted molar refractivity (Wildman–Crippen MR) is 58.8 cm³/mol. The molecule has 0 fully saturated rings. The number of rotatable bonds is 7. The van der Waals surface area contributed by atoms with Gasteiger partial charge in [0.05, 0.1) is 5.41 Å². The maximum absolute atomic E-state index is 10.9. The van der Waals surface area contributed by atoms with Crippen molar-refractivity contribution in [3.8, 4) is 0 Å². The molecule has 0 unspecified atom stereocenters. The molecular weight excluding hydrogens is 184 g/mol. The van der Waals surface area contributed by atoms with Gasteiger partial charge in [0, 0.05) is 18.8 Å². The van der Waals surface area contributed by atoms with E-state index in [-0.39, 0.29) is 5.91 Å². The number of carbonyl (C=O) groups excluding carboxylic acids is 1. The summed E-state index contributed by atoms with van der Waals surface area (Å²) in [6, 6.07) is 0. The topological polar surface area (TPSA) is 55.1 Å². The highest BCUT2D eigenvalue weighted by atomic mass is 32.2. The molecule has 0 aromatic heterocycles. The van der Waals surface area contributed by atoms with E-state index in [1.54, 1.807) is 0 Å². The van der Waals surface area contributed by atoms with Gasteiger partial charge >= 0.3 is 0 Å². The Kier molecular flexibility index (Phi) is 6.16. The molecule has 4 heteroatoms. The molecule has 0 aromatic carbocycles. The first-order chi connectivity index (χ1) is 6.00. The highest BCUT2D eigenvalue weighted by molar-refractivity contribution is 7.99. The first-order valence-electron chi connectivity index (χ1n) is 4.59. The summed E-state index contributed by atoms with van der Waals surface area (Å²) in [5, 5.41) is 3.22. The lowest BCUT2D eigenvalue weighted by Crippen LogP contribution is -2.41. The minimum Gasteiger partial charge on any atom is -0.369 e. The first kappa shape index (κ1) is 12.8. The average molecular weight is 204 g/mol. The van der Waals surface area contributed by atoms with Crippen molar-refractivity contribution in [2.24, 2.45) is 11.1 Å². The van der Waals surface area contributed by atoms with Gasteiger partial charge in [0.25, 0.3) is 0 Å². The second-order valence-electron chi connectivity index (χ2n) is 3.62. The van der Waals surface area contributed by atoms with E-state index in [0.717, 1.165) is 18.1 Å². The standard InChI is InChI=1S/C9H20N2OS/c1-4-13-6-5-11-7-9(2,3)8(10)12/h11H,4-7H2,1-3H3,(H2,10,12). The van der Waals surface area contributed by atoms with Gasteiger partial charge in [-0.15, -0.1) is 0 Å². The van der Waals surface area contributed by atoms with Crippen LogP contribution in [0.3, 0.4) is 0 Å². The minimum atomic E-state index is -0.434. The Morgan fingerprint density at radius 3 is 2.62 bits per heavy atom. The van der Waals surface area contributed by atoms with Crippen LogP contribution in [0, 0.1) is 5.41 Å². The summed E-state index contributed by atoms with van der Waals surface area (Å²) in [6.45, 7) is 7.45. The molecule has 0 heterocycles. The molecule has 0 saturated carbocycles. The van der Waals surface area contributed by atoms with E-state index in [4.69, 9.17) is 5.73 Å². The lowest BCUT2D eigenvalue weighted by Gasteiger charge is -2.20. The van der Waals surface area contributed by atoms with E-state index in [9.17, 15) is 4.79 Å². The van der Waals surface area contributed by atoms with Crippen molar-refractivity contribution in [2.75, 3.05) is 24.6 Å². The van der Waals surface area contributed by atoms with Crippen LogP contribution < -0.4 is 11.1 Å². The Morgan fingerprint density at radius 1 is 1.54 bits per heavy atom. The highest BCUT2D eigenvalue weighted by Crippen LogP contribution is 2.11. The Morgan fingerprint density at radius 2 is 2.15 bits per heavy atom. The molecule has 3 N–H and O–H groups in total. The summed E-state index contributed by atoms with van der Waals surface area (Å²) in [5.74, 6) is 1.98. The van der Waals surface area contributed by atoms with Gasteiger partial charge in [0.15, 0.2) is 0 Å². The van der Waals surface area contributed by atoms with E-state index >= 15 is 0 Å². The smallest absolute Gasteiger partial charge is 0.224 e. The number of hydrogen-bond acceptors (Lipinski definition) is 3. The van der Waals surface area contributed by atoms with Crippen molar-refractivity contribution in [1.29, 1.82) is 0 Å². The molecule has 0 bridgehead atoms. The van der Waals surface area contributed by atoms with Crippen LogP contribution in [0.4, 0.5) is 0 Å². The minimum absolute atomic E-state index is 0.247. The van der Waals surface area contributed by atoms with Crippen molar-refractivity contribution < 1.29 is 4.79 Å². The van der Waals surface area contributed by atoms with E-state index in [1.807, 2.05) is 25.6 Å². The van der Waals surface area contributed by atoms with Crippen LogP contribution in [-0.2, 0) is 4.79 Å². The van der Waals surface area contributed by atoms with Gasteiger partial charge in [-0.05, 0) is 19.6 Å². The summed E-state index contributed by atoms with van der Waals surface area (Å²) >= 11 is 1.89. The number of nitrogens with one attached hydrogen (secondary N) is 1. The van der Waals surface area contributed by atoms with Crippen LogP contribution in [0.1, 0.15) is 20.8 Å². The normalized spacial score (nSPS) is 11.6. The SMILES string of the molecule is CCSCCNCC(C)(C)C(N)=O. The van der Waals surface area contributed by atoms with Crippen LogP contribution in [0.15, 0.2) is 0 Å². The van der Waals surface area contributed by atoms with Crippen LogP contribution in [0.5, 0.6) is 0 Å². The maximum atomic E-state index is 10.9. The van der Waals surface area contributed by atoms with Gasteiger partial charge in [0.2, 0.25) is 5.91 Å². The average Bonchev–Trinajstić information content (AvgIpc) is 2.03. The number of carbonyl (C=O) groups is 1. The quantitative estimate of drug-likeness (QED) is 0.604. The van der Waals surface area contributed by atoms with Crippen molar-refractivity contribution >= 4 is 17.7 Å². The number of thioether (sulfide) groups is 1. The molecule has 0 aliphatic carbocycles. The Labute approximate surface area is 84.8 Å². The van der Waals surface area contributed by atoms with Crippen LogP contribution in [-0.4, -0.2) is 30.5 Å². The molecular formula is C9H20N2OS. The zero-order valence-corrected chi connectivity index (χ0v) is 9.54. The van der Waals surface area contributed by atoms with E-state index in [1.165, 1.54) is 0 Å². The fraction of sp³-hybridized carbons (Fsp3) is 0.889. The van der Waals surface area contributed by atoms with E-state index in [0.29, 0.717) is 6.54 Å². The van der Waals surface area contributed by atoms with Crippen LogP contribution in [0.25, 0.3) is 0 Å². The lowest BCUT2D eigenvalue weighted by molar-refractivity contribution is -0.125. The second kappa shape index (κ2) is 6.27. The summed E-state index contributed by atoms with van der Waals surface area (Å²) in [5.41, 5.74) is 4.79. The van der Waals surface area contributed by atoms with Crippen LogP contribution in [0.2, 0.25) is 0 Å². The zero-order valence-electron chi connectivity index (χ0n) is 8.72. The second-order valence-corrected chi connectivity index (χ2v) is 5.02. The third kappa shape index (κ3) is 5.93. The molecule has 3 nitrogen and oxygen atoms in total. The van der Waals surface area contributed by atoms with Crippen molar-refractivity contribution in [3.05, 3.63) is 0 Å². The molecule has 1 amide bonds. The summed E-state index contributed by atoms with van der Waals surface area (Å²) < 4.78 is 0. The Hall–Kier alpha value is -0.220. The lowest BCUT2D eigenvalue weighted by atomic mass is 9.93. The predicted octanol–water partition coefficient (Wildman–Crippen LogP) is 0.841. The first-order valence-corrected chi connectivity index (χ1v) is 5.74. The largest absolute Gasteiger partial charge is 0.369 e. The monoisotopic (exact) mass is 204 g/mol. The summed E-state index contributed by atoms with van der Waals surface area (Å²) in [7, 11) is 0. The van der Waals surface area contributed by atoms with E-state index in [2.05, 4.69) is 12.2 Å². The summed E-state index contributed by atoms with van der Waals surface area (Å²) in [4.78, 5) is 10.9. The van der Waals surface area contributed by atoms with Crippen molar-refractivity contribution in [3.63, 3.8) is 0 Å². The van der Waals surface area contributed by atoms with Gasteiger partial charge in [-0.2, -0.15) is 11.8 Å². The van der Waals surface area contributed by atoms with Gasteiger partial charge in [0.1, 0.15) is 0 Å². The fourth-order valence-corrected chi connectivity index (χ4v) is 1.35. The van der Waals surface area contributed by atoms with Crippen molar-refractivity contribution in [2.45, 2.75) is 20.8 Å². The molecule has 78 valence electrons. The zero-order chi connectivity index (χ0) is 10.3. The molecule has 0 spiro atoms. The third-order valence-electron chi connectivity index (χ3n) is 1.86. The number of nitrogens with two attached hydrogens (primary N) is 1. The Bertz CT molecular complexity index is 160. The van der Waals surface area contributed by atoms with Gasteiger partial charge in [-0.1, -0.05) is 6.92 Å². The third-order valence-corrected chi connectivity index (χ3v) is 2.76. The van der Waals surface area contributed by atoms with Gasteiger partial charge in [-0.3, -0.25) is 4.79 Å². The van der Waals surface area contributed by atoms with Crippen molar-refractivity contribution in [1.82, 2.24) is 5.32 Å². The van der Waals surface area contributed by atoms with Gasteiger partial charge < -0.3 is 11.1 Å². The molecule has 13 heavy (non-hydrogen) atoms. The molecule has 0 saturated heterocycles. The highest BCUT2D eigenvalue weighted by Gasteiger charge is 2.23. The van der Waals surface area contributed by atoms with Gasteiger partial charge in [-0.25, -0.2) is 0 Å². The maximum Gasteiger partial charge on any atom is 0.224 e. The molecule has 0 aliphatic rings. The molecule has 0 radical (unpaired) electrons. The number of hydrogen-bond donors (Lipinski definition) is 2. The summed E-state index contributed by atoms with van der Waals surface area (Å²) in [6.07, 6.45) is 0. The number of primary amides is 1. The molecule has 0 rings (SSSR count). The molecule has 0 aliphatic heterocycles. The Balaban J connectivity index is 3.46. The number of amides is 1. The van der Waals surface area contributed by atoms with E-state index < -0.39 is 5.41 Å². The molecule has 0 atom stereocenters. The molecule has 0 aromatic rings.